The van der Waals surface area contributed by atoms with Crippen LogP contribution < -0.4 is 0 Å². The van der Waals surface area contributed by atoms with Crippen molar-refractivity contribution < 1.29 is 80.2 Å². The van der Waals surface area contributed by atoms with Gasteiger partial charge in [0.15, 0.2) is 12.2 Å². The van der Waals surface area contributed by atoms with Crippen molar-refractivity contribution in [3.63, 3.8) is 0 Å². The quantitative estimate of drug-likeness (QED) is 0.0222. The van der Waals surface area contributed by atoms with Crippen LogP contribution in [-0.2, 0) is 65.4 Å². The minimum atomic E-state index is -4.96. The number of rotatable bonds is 74. The van der Waals surface area contributed by atoms with Crippen molar-refractivity contribution in [3.05, 3.63) is 0 Å². The third-order valence-corrected chi connectivity index (χ3v) is 20.3. The molecule has 0 aliphatic rings. The van der Waals surface area contributed by atoms with Gasteiger partial charge in [-0.3, -0.25) is 37.3 Å². The monoisotopic (exact) mass is 1400 g/mol. The zero-order valence-corrected chi connectivity index (χ0v) is 63.9. The molecule has 0 aromatic heterocycles. The smallest absolute Gasteiger partial charge is 0.462 e. The van der Waals surface area contributed by atoms with E-state index in [1.54, 1.807) is 0 Å². The highest BCUT2D eigenvalue weighted by molar-refractivity contribution is 7.47. The number of aliphatic hydroxyl groups excluding tert-OH is 1. The molecule has 0 heterocycles. The van der Waals surface area contributed by atoms with E-state index in [4.69, 9.17) is 37.0 Å². The number of esters is 4. The lowest BCUT2D eigenvalue weighted by Gasteiger charge is -2.21. The summed E-state index contributed by atoms with van der Waals surface area (Å²) in [5.74, 6) is 0.152. The first-order valence-corrected chi connectivity index (χ1v) is 42.4. The molecule has 0 bridgehead atoms. The standard InChI is InChI=1S/C76H148O17P2/c1-8-11-12-13-14-15-16-17-18-19-20-21-22-23-24-25-26-38-45-52-59-75(80)92-71(63-87-74(79)58-51-44-37-31-28-34-41-48-55-68(6)9-2)65-90-94(82,83)88-61-70(77)62-89-95(84,85)91-66-72(64-86-73(78)57-50-43-36-30-27-33-40-47-54-67(4)5)93-76(81)60-53-46-39-32-29-35-42-49-56-69(7)10-3/h67-72,77H,8-66H2,1-7H3,(H,82,83)(H,84,85)/t68?,69?,70-,71-,72-/m1/s1. The predicted octanol–water partition coefficient (Wildman–Crippen LogP) is 22.2. The topological polar surface area (TPSA) is 237 Å². The van der Waals surface area contributed by atoms with E-state index in [9.17, 15) is 43.2 Å². The first-order chi connectivity index (χ1) is 45.8. The fourth-order valence-corrected chi connectivity index (χ4v) is 13.1. The fraction of sp³-hybridized carbons (Fsp3) is 0.947. The zero-order valence-electron chi connectivity index (χ0n) is 62.1. The minimum absolute atomic E-state index is 0.104. The van der Waals surface area contributed by atoms with Gasteiger partial charge in [0.1, 0.15) is 19.3 Å². The lowest BCUT2D eigenvalue weighted by Crippen LogP contribution is -2.30. The van der Waals surface area contributed by atoms with Crippen molar-refractivity contribution >= 4 is 39.5 Å². The molecular weight excluding hydrogens is 1250 g/mol. The average Bonchev–Trinajstić information content (AvgIpc) is 1.82. The summed E-state index contributed by atoms with van der Waals surface area (Å²) in [4.78, 5) is 72.8. The third kappa shape index (κ3) is 67.6. The number of phosphoric ester groups is 2. The molecule has 0 spiro atoms. The van der Waals surface area contributed by atoms with Gasteiger partial charge in [0.05, 0.1) is 26.4 Å². The van der Waals surface area contributed by atoms with Crippen LogP contribution in [0.25, 0.3) is 0 Å². The van der Waals surface area contributed by atoms with Gasteiger partial charge in [0.2, 0.25) is 0 Å². The van der Waals surface area contributed by atoms with Crippen LogP contribution in [0.15, 0.2) is 0 Å². The molecular formula is C76H148O17P2. The van der Waals surface area contributed by atoms with Crippen LogP contribution in [0, 0.1) is 17.8 Å². The van der Waals surface area contributed by atoms with Gasteiger partial charge in [-0.2, -0.15) is 0 Å². The Balaban J connectivity index is 5.23. The summed E-state index contributed by atoms with van der Waals surface area (Å²) in [6.45, 7) is 11.9. The number of hydrogen-bond donors (Lipinski definition) is 3. The number of ether oxygens (including phenoxy) is 4. The van der Waals surface area contributed by atoms with Crippen molar-refractivity contribution in [2.75, 3.05) is 39.6 Å². The van der Waals surface area contributed by atoms with E-state index in [2.05, 4.69) is 48.5 Å². The Kier molecular flexibility index (Phi) is 65.2. The summed E-state index contributed by atoms with van der Waals surface area (Å²) in [6, 6.07) is 0. The van der Waals surface area contributed by atoms with Gasteiger partial charge in [-0.1, -0.05) is 337 Å². The molecule has 564 valence electrons. The molecule has 0 aromatic carbocycles. The van der Waals surface area contributed by atoms with Crippen LogP contribution in [0.5, 0.6) is 0 Å². The highest BCUT2D eigenvalue weighted by atomic mass is 31.2. The molecule has 95 heavy (non-hydrogen) atoms. The van der Waals surface area contributed by atoms with Gasteiger partial charge in [0, 0.05) is 25.7 Å². The molecule has 0 saturated heterocycles. The first-order valence-electron chi connectivity index (χ1n) is 39.4. The Morgan fingerprint density at radius 2 is 0.537 bits per heavy atom. The largest absolute Gasteiger partial charge is 0.472 e. The van der Waals surface area contributed by atoms with E-state index in [1.807, 2.05) is 0 Å². The summed E-state index contributed by atoms with van der Waals surface area (Å²) in [6.07, 6.45) is 52.8. The Morgan fingerprint density at radius 1 is 0.305 bits per heavy atom. The molecule has 17 nitrogen and oxygen atoms in total. The molecule has 0 rings (SSSR count). The second-order valence-electron chi connectivity index (χ2n) is 28.4. The molecule has 4 unspecified atom stereocenters. The number of carbonyl (C=O) groups is 4. The SMILES string of the molecule is CCCCCCCCCCCCCCCCCCCCCCC(=O)O[C@H](COC(=O)CCCCCCCCCCC(C)CC)COP(=O)(O)OC[C@@H](O)COP(=O)(O)OC[C@@H](COC(=O)CCCCCCCCCCC(C)C)OC(=O)CCCCCCCCCCC(C)CC. The maximum Gasteiger partial charge on any atom is 0.472 e. The second-order valence-corrected chi connectivity index (χ2v) is 31.3. The van der Waals surface area contributed by atoms with Crippen LogP contribution in [0.3, 0.4) is 0 Å². The summed E-state index contributed by atoms with van der Waals surface area (Å²) < 4.78 is 68.5. The van der Waals surface area contributed by atoms with Gasteiger partial charge in [-0.15, -0.1) is 0 Å². The van der Waals surface area contributed by atoms with Crippen LogP contribution in [0.4, 0.5) is 0 Å². The fourth-order valence-electron chi connectivity index (χ4n) is 11.5. The Morgan fingerprint density at radius 3 is 0.800 bits per heavy atom. The van der Waals surface area contributed by atoms with Gasteiger partial charge in [-0.05, 0) is 43.4 Å². The van der Waals surface area contributed by atoms with E-state index in [1.165, 1.54) is 199 Å². The molecule has 0 aliphatic carbocycles. The lowest BCUT2D eigenvalue weighted by molar-refractivity contribution is -0.161. The van der Waals surface area contributed by atoms with E-state index in [0.29, 0.717) is 25.7 Å². The molecule has 7 atom stereocenters. The molecule has 0 amide bonds. The van der Waals surface area contributed by atoms with Crippen LogP contribution in [-0.4, -0.2) is 96.7 Å². The van der Waals surface area contributed by atoms with Crippen LogP contribution in [0.2, 0.25) is 0 Å². The number of hydrogen-bond acceptors (Lipinski definition) is 15. The van der Waals surface area contributed by atoms with Crippen LogP contribution in [0.1, 0.15) is 389 Å². The second kappa shape index (κ2) is 66.6. The normalized spacial score (nSPS) is 14.6. The van der Waals surface area contributed by atoms with E-state index in [-0.39, 0.29) is 25.7 Å². The molecule has 0 fully saturated rings. The summed E-state index contributed by atoms with van der Waals surface area (Å²) in [5.41, 5.74) is 0. The number of unbranched alkanes of at least 4 members (excludes halogenated alkanes) is 40. The number of aliphatic hydroxyl groups is 1. The van der Waals surface area contributed by atoms with Gasteiger partial charge >= 0.3 is 39.5 Å². The predicted molar refractivity (Wildman–Crippen MR) is 386 cm³/mol. The number of phosphoric acid groups is 2. The average molecular weight is 1400 g/mol. The molecule has 19 heteroatoms. The molecule has 3 N–H and O–H groups in total. The van der Waals surface area contributed by atoms with Crippen molar-refractivity contribution in [2.24, 2.45) is 17.8 Å². The summed E-state index contributed by atoms with van der Waals surface area (Å²) >= 11 is 0. The van der Waals surface area contributed by atoms with E-state index in [0.717, 1.165) is 108 Å². The maximum atomic E-state index is 13.1. The number of carbonyl (C=O) groups excluding carboxylic acids is 4. The third-order valence-electron chi connectivity index (χ3n) is 18.4. The highest BCUT2D eigenvalue weighted by Gasteiger charge is 2.30. The highest BCUT2D eigenvalue weighted by Crippen LogP contribution is 2.45. The Labute approximate surface area is 581 Å². The first kappa shape index (κ1) is 93.1. The van der Waals surface area contributed by atoms with Crippen molar-refractivity contribution in [1.29, 1.82) is 0 Å². The van der Waals surface area contributed by atoms with E-state index < -0.39 is 97.5 Å². The molecule has 0 aromatic rings. The minimum Gasteiger partial charge on any atom is -0.462 e. The van der Waals surface area contributed by atoms with Crippen LogP contribution >= 0.6 is 15.6 Å². The Bertz CT molecular complexity index is 1860. The lowest BCUT2D eigenvalue weighted by atomic mass is 9.99. The van der Waals surface area contributed by atoms with Gasteiger partial charge in [0.25, 0.3) is 0 Å². The van der Waals surface area contributed by atoms with Crippen molar-refractivity contribution in [1.82, 2.24) is 0 Å². The summed E-state index contributed by atoms with van der Waals surface area (Å²) in [5, 5.41) is 10.6. The van der Waals surface area contributed by atoms with Crippen molar-refractivity contribution in [2.45, 2.75) is 407 Å². The van der Waals surface area contributed by atoms with E-state index >= 15 is 0 Å². The molecule has 0 aliphatic heterocycles. The van der Waals surface area contributed by atoms with Gasteiger partial charge in [-0.25, -0.2) is 9.13 Å². The molecule has 0 radical (unpaired) electrons. The summed E-state index contributed by atoms with van der Waals surface area (Å²) in [7, 11) is -9.91. The Hall–Kier alpha value is -1.94. The molecule has 0 saturated carbocycles. The zero-order chi connectivity index (χ0) is 70.1. The van der Waals surface area contributed by atoms with Crippen molar-refractivity contribution in [3.8, 4) is 0 Å². The maximum absolute atomic E-state index is 13.1. The van der Waals surface area contributed by atoms with Gasteiger partial charge < -0.3 is 33.8 Å².